The van der Waals surface area contributed by atoms with Crippen molar-refractivity contribution in [3.05, 3.63) is 71.2 Å². The van der Waals surface area contributed by atoms with Crippen LogP contribution in [0.3, 0.4) is 0 Å². The number of anilines is 2. The minimum absolute atomic E-state index is 0.103. The van der Waals surface area contributed by atoms with Crippen LogP contribution in [0.25, 0.3) is 16.8 Å². The molecule has 3 aromatic heterocycles. The Morgan fingerprint density at radius 1 is 1.29 bits per heavy atom. The monoisotopic (exact) mass is 423 g/mol. The van der Waals surface area contributed by atoms with E-state index in [2.05, 4.69) is 20.3 Å². The number of aliphatic hydroxyl groups excluding tert-OH is 1. The third-order valence-corrected chi connectivity index (χ3v) is 4.89. The number of nitrogens with one attached hydrogen (secondary N) is 1. The molecule has 0 bridgehead atoms. The van der Waals surface area contributed by atoms with Gasteiger partial charge in [-0.1, -0.05) is 12.1 Å². The van der Waals surface area contributed by atoms with Gasteiger partial charge in [-0.05, 0) is 50.0 Å². The van der Waals surface area contributed by atoms with Gasteiger partial charge in [0.05, 0.1) is 0 Å². The minimum atomic E-state index is -2.50. The first kappa shape index (κ1) is 16.9. The van der Waals surface area contributed by atoms with E-state index in [4.69, 9.17) is 9.85 Å². The number of hydrogen-bond donors (Lipinski definition) is 3. The Hall–Kier alpha value is -3.85. The number of benzene rings is 1. The molecule has 3 heterocycles. The van der Waals surface area contributed by atoms with E-state index >= 15 is 0 Å². The lowest BCUT2D eigenvalue weighted by atomic mass is 10.1. The minimum Gasteiger partial charge on any atom is -0.382 e. The van der Waals surface area contributed by atoms with Crippen molar-refractivity contribution in [2.75, 3.05) is 11.1 Å². The first-order chi connectivity index (χ1) is 16.0. The van der Waals surface area contributed by atoms with E-state index < -0.39 is 24.7 Å². The average molecular weight is 423 g/mol. The molecule has 9 heteroatoms. The molecule has 8 nitrogen and oxygen atoms in total. The van der Waals surface area contributed by atoms with Gasteiger partial charge in [0.15, 0.2) is 6.10 Å². The van der Waals surface area contributed by atoms with Crippen molar-refractivity contribution < 1.29 is 18.4 Å². The molecule has 0 saturated carbocycles. The Labute approximate surface area is 181 Å². The molecule has 1 aromatic carbocycles. The molecular weight excluding hydrogens is 399 g/mol. The van der Waals surface area contributed by atoms with Crippen LogP contribution in [0.5, 0.6) is 0 Å². The van der Waals surface area contributed by atoms with Gasteiger partial charge in [-0.2, -0.15) is 0 Å². The summed E-state index contributed by atoms with van der Waals surface area (Å²) < 4.78 is 38.5. The number of halogens is 1. The number of aryl methyl sites for hydroxylation is 3. The van der Waals surface area contributed by atoms with E-state index in [1.807, 2.05) is 0 Å². The fourth-order valence-electron chi connectivity index (χ4n) is 3.36. The summed E-state index contributed by atoms with van der Waals surface area (Å²) in [5, 5.41) is 12.7. The lowest BCUT2D eigenvalue weighted by Gasteiger charge is -2.13. The first-order valence-corrected chi connectivity index (χ1v) is 9.33. The second-order valence-corrected chi connectivity index (χ2v) is 7.08. The van der Waals surface area contributed by atoms with Crippen LogP contribution >= 0.6 is 0 Å². The van der Waals surface area contributed by atoms with Crippen molar-refractivity contribution in [2.24, 2.45) is 0 Å². The molecular formula is C22H21FN6O2. The predicted molar refractivity (Wildman–Crippen MR) is 115 cm³/mol. The van der Waals surface area contributed by atoms with E-state index in [9.17, 15) is 14.3 Å². The van der Waals surface area contributed by atoms with Crippen molar-refractivity contribution in [1.29, 1.82) is 0 Å². The van der Waals surface area contributed by atoms with Crippen LogP contribution in [0.2, 0.25) is 0 Å². The molecule has 0 saturated heterocycles. The Morgan fingerprint density at radius 2 is 2.10 bits per heavy atom. The van der Waals surface area contributed by atoms with Crippen molar-refractivity contribution in [3.8, 4) is 11.3 Å². The highest BCUT2D eigenvalue weighted by Gasteiger charge is 2.20. The summed E-state index contributed by atoms with van der Waals surface area (Å²) in [4.78, 5) is 25.1. The van der Waals surface area contributed by atoms with Crippen LogP contribution in [-0.4, -0.2) is 30.4 Å². The molecule has 4 N–H and O–H groups in total. The average Bonchev–Trinajstić information content (AvgIpc) is 3.18. The fraction of sp³-hybridized carbons (Fsp3) is 0.182. The lowest BCUT2D eigenvalue weighted by Crippen LogP contribution is -2.21. The fourth-order valence-corrected chi connectivity index (χ4v) is 3.36. The van der Waals surface area contributed by atoms with E-state index in [1.54, 1.807) is 19.9 Å². The highest BCUT2D eigenvalue weighted by Crippen LogP contribution is 2.31. The van der Waals surface area contributed by atoms with Crippen molar-refractivity contribution in [1.82, 2.24) is 19.4 Å². The van der Waals surface area contributed by atoms with Gasteiger partial charge in [0, 0.05) is 27.8 Å². The van der Waals surface area contributed by atoms with Crippen molar-refractivity contribution in [3.63, 3.8) is 0 Å². The highest BCUT2D eigenvalue weighted by atomic mass is 19.1. The maximum absolute atomic E-state index is 13.4. The zero-order valence-corrected chi connectivity index (χ0v) is 16.7. The van der Waals surface area contributed by atoms with E-state index in [0.717, 1.165) is 6.07 Å². The number of pyridine rings is 1. The second kappa shape index (κ2) is 7.77. The van der Waals surface area contributed by atoms with Crippen LogP contribution < -0.4 is 11.1 Å². The molecule has 31 heavy (non-hydrogen) atoms. The van der Waals surface area contributed by atoms with Gasteiger partial charge in [-0.25, -0.2) is 19.3 Å². The zero-order chi connectivity index (χ0) is 24.8. The third-order valence-electron chi connectivity index (χ3n) is 4.89. The third kappa shape index (κ3) is 3.71. The SMILES string of the molecule is [2H]C([2H])([2H])c1nc(-c2cnc(NC(=O)C(O)c3cccc(F)c3)cc2C)c2c(N)ncc(C)n12. The highest BCUT2D eigenvalue weighted by molar-refractivity contribution is 5.94. The van der Waals surface area contributed by atoms with Gasteiger partial charge in [0.25, 0.3) is 5.91 Å². The van der Waals surface area contributed by atoms with Gasteiger partial charge >= 0.3 is 0 Å². The number of carbonyl (C=O) groups excluding carboxylic acids is 1. The quantitative estimate of drug-likeness (QED) is 0.464. The number of nitrogen functional groups attached to an aromatic ring is 1. The molecule has 0 radical (unpaired) electrons. The molecule has 1 atom stereocenters. The van der Waals surface area contributed by atoms with Gasteiger partial charge in [-0.3, -0.25) is 9.20 Å². The molecule has 0 aliphatic heterocycles. The molecule has 1 amide bonds. The smallest absolute Gasteiger partial charge is 0.258 e. The molecule has 158 valence electrons. The largest absolute Gasteiger partial charge is 0.382 e. The summed E-state index contributed by atoms with van der Waals surface area (Å²) in [7, 11) is 0. The molecule has 0 fully saturated rings. The van der Waals surface area contributed by atoms with E-state index in [1.165, 1.54) is 35.0 Å². The Morgan fingerprint density at radius 3 is 2.81 bits per heavy atom. The standard InChI is InChI=1S/C22H21FN6O2/c1-11-7-17(28-22(31)20(30)14-5-4-6-15(23)8-14)25-10-16(11)18-19-21(24)26-9-12(2)29(19)13(3)27-18/h4-10,20,30H,1-3H3,(H2,24,26)(H,25,28,31)/i3D3. The summed E-state index contributed by atoms with van der Waals surface area (Å²) >= 11 is 0. The number of carbonyl (C=O) groups is 1. The normalized spacial score (nSPS) is 14.0. The van der Waals surface area contributed by atoms with Crippen LogP contribution in [-0.2, 0) is 4.79 Å². The van der Waals surface area contributed by atoms with Gasteiger partial charge in [0.2, 0.25) is 0 Å². The summed E-state index contributed by atoms with van der Waals surface area (Å²) in [6.07, 6.45) is 1.30. The topological polar surface area (TPSA) is 118 Å². The lowest BCUT2D eigenvalue weighted by molar-refractivity contribution is -0.124. The number of aliphatic hydroxyl groups is 1. The number of amides is 1. The maximum atomic E-state index is 13.4. The second-order valence-electron chi connectivity index (χ2n) is 7.08. The van der Waals surface area contributed by atoms with Gasteiger partial charge in [-0.15, -0.1) is 0 Å². The van der Waals surface area contributed by atoms with E-state index in [0.29, 0.717) is 28.0 Å². The Kier molecular flexibility index (Phi) is 4.23. The van der Waals surface area contributed by atoms with Crippen LogP contribution in [0.1, 0.15) is 32.9 Å². The first-order valence-electron chi connectivity index (χ1n) is 10.8. The number of nitrogens with zero attached hydrogens (tertiary/aromatic N) is 4. The van der Waals surface area contributed by atoms with Crippen LogP contribution in [0.15, 0.2) is 42.7 Å². The summed E-state index contributed by atoms with van der Waals surface area (Å²) in [5.41, 5.74) is 8.48. The molecule has 4 aromatic rings. The van der Waals surface area contributed by atoms with Crippen LogP contribution in [0.4, 0.5) is 16.0 Å². The number of aromatic nitrogens is 4. The number of rotatable bonds is 4. The van der Waals surface area contributed by atoms with Crippen LogP contribution in [0, 0.1) is 26.5 Å². The van der Waals surface area contributed by atoms with Crippen molar-refractivity contribution in [2.45, 2.75) is 26.8 Å². The predicted octanol–water partition coefficient (Wildman–Crippen LogP) is 3.11. The zero-order valence-electron chi connectivity index (χ0n) is 19.7. The number of nitrogens with two attached hydrogens (primary N) is 1. The molecule has 0 spiro atoms. The number of imidazole rings is 1. The maximum Gasteiger partial charge on any atom is 0.258 e. The van der Waals surface area contributed by atoms with Gasteiger partial charge in [0.1, 0.15) is 34.5 Å². The molecule has 1 unspecified atom stereocenters. The summed E-state index contributed by atoms with van der Waals surface area (Å²) in [5.74, 6) is -1.26. The molecule has 4 rings (SSSR count). The van der Waals surface area contributed by atoms with Crippen molar-refractivity contribution >= 4 is 23.1 Å². The molecule has 0 aliphatic carbocycles. The molecule has 0 aliphatic rings. The number of fused-ring (bicyclic) bond motifs is 1. The Balaban J connectivity index is 1.71. The number of hydrogen-bond acceptors (Lipinski definition) is 6. The summed E-state index contributed by atoms with van der Waals surface area (Å²) in [6.45, 7) is 0.936. The summed E-state index contributed by atoms with van der Waals surface area (Å²) in [6, 6.07) is 6.65. The Bertz CT molecular complexity index is 1420. The van der Waals surface area contributed by atoms with Gasteiger partial charge < -0.3 is 16.2 Å². The van der Waals surface area contributed by atoms with E-state index in [-0.39, 0.29) is 23.0 Å².